The minimum absolute atomic E-state index is 0.700. The molecule has 1 atom stereocenters. The first kappa shape index (κ1) is 12.2. The lowest BCUT2D eigenvalue weighted by atomic mass is 10.1. The Balaban J connectivity index is 1.72. The van der Waals surface area contributed by atoms with Crippen LogP contribution in [0.2, 0.25) is 0 Å². The normalized spacial score (nSPS) is 18.8. The minimum atomic E-state index is 0.700. The number of fused-ring (bicyclic) bond motifs is 1. The zero-order valence-corrected chi connectivity index (χ0v) is 10.9. The Morgan fingerprint density at radius 2 is 2.32 bits per heavy atom. The van der Waals surface area contributed by atoms with Gasteiger partial charge in [0, 0.05) is 37.0 Å². The molecule has 1 aromatic carbocycles. The van der Waals surface area contributed by atoms with Crippen molar-refractivity contribution < 1.29 is 4.74 Å². The summed E-state index contributed by atoms with van der Waals surface area (Å²) in [6.07, 6.45) is 4.11. The smallest absolute Gasteiger partial charge is 0.0951 e. The van der Waals surface area contributed by atoms with Gasteiger partial charge in [-0.15, -0.1) is 0 Å². The fourth-order valence-electron chi connectivity index (χ4n) is 2.57. The monoisotopic (exact) mass is 257 g/mol. The van der Waals surface area contributed by atoms with E-state index in [-0.39, 0.29) is 0 Å². The summed E-state index contributed by atoms with van der Waals surface area (Å²) in [6, 6.07) is 7.94. The van der Waals surface area contributed by atoms with Gasteiger partial charge in [0.05, 0.1) is 11.2 Å². The van der Waals surface area contributed by atoms with Crippen molar-refractivity contribution in [3.05, 3.63) is 30.5 Å². The molecule has 0 bridgehead atoms. The van der Waals surface area contributed by atoms with Gasteiger partial charge in [-0.1, -0.05) is 0 Å². The van der Waals surface area contributed by atoms with Crippen LogP contribution in [0.4, 0.5) is 11.4 Å². The van der Waals surface area contributed by atoms with E-state index < -0.39 is 0 Å². The quantitative estimate of drug-likeness (QED) is 0.827. The first-order chi connectivity index (χ1) is 9.34. The van der Waals surface area contributed by atoms with Crippen LogP contribution in [0.1, 0.15) is 12.8 Å². The molecule has 1 aliphatic rings. The van der Waals surface area contributed by atoms with Gasteiger partial charge in [0.15, 0.2) is 0 Å². The predicted octanol–water partition coefficient (Wildman–Crippen LogP) is 2.66. The topological polar surface area (TPSA) is 60.2 Å². The van der Waals surface area contributed by atoms with Crippen molar-refractivity contribution in [2.75, 3.05) is 30.8 Å². The minimum Gasteiger partial charge on any atom is -0.397 e. The summed E-state index contributed by atoms with van der Waals surface area (Å²) in [7, 11) is 0. The van der Waals surface area contributed by atoms with Gasteiger partial charge in [-0.05, 0) is 43.0 Å². The highest BCUT2D eigenvalue weighted by Crippen LogP contribution is 2.26. The Bertz CT molecular complexity index is 564. The summed E-state index contributed by atoms with van der Waals surface area (Å²) in [5.74, 6) is 0.700. The number of nitrogens with two attached hydrogens (primary N) is 1. The molecule has 3 N–H and O–H groups in total. The van der Waals surface area contributed by atoms with Crippen LogP contribution >= 0.6 is 0 Å². The third kappa shape index (κ3) is 2.63. The van der Waals surface area contributed by atoms with E-state index in [0.717, 1.165) is 48.5 Å². The zero-order chi connectivity index (χ0) is 13.1. The van der Waals surface area contributed by atoms with E-state index in [4.69, 9.17) is 10.5 Å². The lowest BCUT2D eigenvalue weighted by Crippen LogP contribution is -2.09. The number of ether oxygens (including phenoxy) is 1. The summed E-state index contributed by atoms with van der Waals surface area (Å²) in [6.45, 7) is 2.78. The third-order valence-corrected chi connectivity index (χ3v) is 3.69. The highest BCUT2D eigenvalue weighted by molar-refractivity contribution is 5.98. The molecule has 0 aliphatic carbocycles. The van der Waals surface area contributed by atoms with Crippen molar-refractivity contribution in [3.8, 4) is 0 Å². The molecule has 4 nitrogen and oxygen atoms in total. The molecule has 100 valence electrons. The second kappa shape index (κ2) is 5.45. The van der Waals surface area contributed by atoms with Crippen molar-refractivity contribution in [2.45, 2.75) is 12.8 Å². The van der Waals surface area contributed by atoms with Crippen molar-refractivity contribution in [1.82, 2.24) is 4.98 Å². The van der Waals surface area contributed by atoms with Gasteiger partial charge in [0.2, 0.25) is 0 Å². The highest BCUT2D eigenvalue weighted by atomic mass is 16.5. The lowest BCUT2D eigenvalue weighted by Gasteiger charge is -2.12. The van der Waals surface area contributed by atoms with E-state index in [1.807, 2.05) is 18.2 Å². The molecule has 1 saturated heterocycles. The number of nitrogens with zero attached hydrogens (tertiary/aromatic N) is 1. The summed E-state index contributed by atoms with van der Waals surface area (Å²) in [4.78, 5) is 4.34. The second-order valence-electron chi connectivity index (χ2n) is 5.05. The largest absolute Gasteiger partial charge is 0.397 e. The van der Waals surface area contributed by atoms with Crippen LogP contribution in [-0.2, 0) is 4.74 Å². The van der Waals surface area contributed by atoms with E-state index in [2.05, 4.69) is 16.4 Å². The summed E-state index contributed by atoms with van der Waals surface area (Å²) in [5, 5.41) is 4.58. The standard InChI is InChI=1S/C15H19N3O/c16-13-3-4-14(12-2-1-7-18-15(12)13)17-8-5-11-6-9-19-10-11/h1-4,7,11,17H,5-6,8-10,16H2. The molecule has 1 aliphatic heterocycles. The molecule has 0 amide bonds. The van der Waals surface area contributed by atoms with Gasteiger partial charge in [0.1, 0.15) is 0 Å². The molecule has 3 rings (SSSR count). The molecule has 1 unspecified atom stereocenters. The summed E-state index contributed by atoms with van der Waals surface area (Å²) >= 11 is 0. The average molecular weight is 257 g/mol. The Labute approximate surface area is 113 Å². The Kier molecular flexibility index (Phi) is 3.51. The maximum Gasteiger partial charge on any atom is 0.0951 e. The average Bonchev–Trinajstić information content (AvgIpc) is 2.95. The zero-order valence-electron chi connectivity index (χ0n) is 10.9. The predicted molar refractivity (Wildman–Crippen MR) is 78.2 cm³/mol. The molecule has 4 heteroatoms. The first-order valence-electron chi connectivity index (χ1n) is 6.79. The Hall–Kier alpha value is -1.81. The maximum absolute atomic E-state index is 5.95. The van der Waals surface area contributed by atoms with Gasteiger partial charge in [0.25, 0.3) is 0 Å². The number of hydrogen-bond acceptors (Lipinski definition) is 4. The third-order valence-electron chi connectivity index (χ3n) is 3.69. The number of nitrogen functional groups attached to an aromatic ring is 1. The van der Waals surface area contributed by atoms with E-state index in [0.29, 0.717) is 5.92 Å². The Morgan fingerprint density at radius 1 is 1.37 bits per heavy atom. The van der Waals surface area contributed by atoms with Gasteiger partial charge < -0.3 is 15.8 Å². The van der Waals surface area contributed by atoms with Gasteiger partial charge in [-0.25, -0.2) is 0 Å². The van der Waals surface area contributed by atoms with Crippen LogP contribution in [0, 0.1) is 5.92 Å². The lowest BCUT2D eigenvalue weighted by molar-refractivity contribution is 0.185. The number of nitrogens with one attached hydrogen (secondary N) is 1. The Morgan fingerprint density at radius 3 is 3.16 bits per heavy atom. The van der Waals surface area contributed by atoms with Crippen molar-refractivity contribution >= 4 is 22.3 Å². The number of pyridine rings is 1. The molecule has 2 heterocycles. The number of hydrogen-bond donors (Lipinski definition) is 2. The molecular formula is C15H19N3O. The van der Waals surface area contributed by atoms with Crippen LogP contribution in [0.3, 0.4) is 0 Å². The summed E-state index contributed by atoms with van der Waals surface area (Å²) in [5.41, 5.74) is 8.65. The maximum atomic E-state index is 5.95. The molecule has 1 fully saturated rings. The number of aromatic nitrogens is 1. The van der Waals surface area contributed by atoms with Gasteiger partial charge in [-0.3, -0.25) is 4.98 Å². The van der Waals surface area contributed by atoms with Crippen LogP contribution in [0.5, 0.6) is 0 Å². The molecule has 2 aromatic rings. The van der Waals surface area contributed by atoms with E-state index in [1.54, 1.807) is 6.20 Å². The van der Waals surface area contributed by atoms with Gasteiger partial charge >= 0.3 is 0 Å². The van der Waals surface area contributed by atoms with Crippen LogP contribution in [-0.4, -0.2) is 24.7 Å². The second-order valence-corrected chi connectivity index (χ2v) is 5.05. The van der Waals surface area contributed by atoms with Crippen LogP contribution in [0.25, 0.3) is 10.9 Å². The van der Waals surface area contributed by atoms with E-state index in [1.165, 1.54) is 6.42 Å². The number of benzene rings is 1. The van der Waals surface area contributed by atoms with Crippen molar-refractivity contribution in [1.29, 1.82) is 0 Å². The van der Waals surface area contributed by atoms with Crippen molar-refractivity contribution in [3.63, 3.8) is 0 Å². The summed E-state index contributed by atoms with van der Waals surface area (Å²) < 4.78 is 5.39. The fraction of sp³-hybridized carbons (Fsp3) is 0.400. The molecule has 0 radical (unpaired) electrons. The fourth-order valence-corrected chi connectivity index (χ4v) is 2.57. The van der Waals surface area contributed by atoms with E-state index in [9.17, 15) is 0 Å². The van der Waals surface area contributed by atoms with E-state index >= 15 is 0 Å². The molecule has 19 heavy (non-hydrogen) atoms. The molecule has 0 saturated carbocycles. The van der Waals surface area contributed by atoms with Crippen molar-refractivity contribution in [2.24, 2.45) is 5.92 Å². The first-order valence-corrected chi connectivity index (χ1v) is 6.79. The van der Waals surface area contributed by atoms with Gasteiger partial charge in [-0.2, -0.15) is 0 Å². The molecular weight excluding hydrogens is 238 g/mol. The highest BCUT2D eigenvalue weighted by Gasteiger charge is 2.15. The molecule has 1 aromatic heterocycles. The number of rotatable bonds is 4. The molecule has 0 spiro atoms. The number of anilines is 2. The van der Waals surface area contributed by atoms with Crippen LogP contribution in [0.15, 0.2) is 30.5 Å². The SMILES string of the molecule is Nc1ccc(NCCC2CCOC2)c2cccnc12. The van der Waals surface area contributed by atoms with Crippen LogP contribution < -0.4 is 11.1 Å².